The molecule has 0 heteroatoms. The molecule has 0 aliphatic rings. The molecule has 0 heterocycles. The van der Waals surface area contributed by atoms with Crippen LogP contribution >= 0.6 is 0 Å². The van der Waals surface area contributed by atoms with Gasteiger partial charge in [-0.15, -0.1) is 11.8 Å². The summed E-state index contributed by atoms with van der Waals surface area (Å²) in [6.45, 7) is 4.08. The maximum absolute atomic E-state index is 3.23. The first-order valence-corrected chi connectivity index (χ1v) is 7.91. The van der Waals surface area contributed by atoms with Gasteiger partial charge in [0.2, 0.25) is 0 Å². The Bertz CT molecular complexity index is 695. The second-order valence-corrected chi connectivity index (χ2v) is 5.32. The van der Waals surface area contributed by atoms with E-state index < -0.39 is 0 Å². The summed E-state index contributed by atoms with van der Waals surface area (Å²) in [7, 11) is 0. The van der Waals surface area contributed by atoms with E-state index in [2.05, 4.69) is 79.1 Å². The molecule has 0 radical (unpaired) electrons. The highest BCUT2D eigenvalue weighted by Gasteiger charge is 1.93. The molecule has 0 saturated carbocycles. The second kappa shape index (κ2) is 8.76. The summed E-state index contributed by atoms with van der Waals surface area (Å²) >= 11 is 0. The summed E-state index contributed by atoms with van der Waals surface area (Å²) < 4.78 is 0. The molecular formula is C22H22. The Kier molecular flexibility index (Phi) is 6.35. The summed E-state index contributed by atoms with van der Waals surface area (Å²) in [6, 6.07) is 17.0. The van der Waals surface area contributed by atoms with Crippen LogP contribution in [0.4, 0.5) is 0 Å². The van der Waals surface area contributed by atoms with Gasteiger partial charge in [0, 0.05) is 17.5 Å². The van der Waals surface area contributed by atoms with Gasteiger partial charge in [0.05, 0.1) is 0 Å². The van der Waals surface area contributed by atoms with Crippen LogP contribution in [-0.2, 0) is 12.8 Å². The molecule has 0 fully saturated rings. The maximum Gasteiger partial charge on any atom is 0.0249 e. The van der Waals surface area contributed by atoms with Gasteiger partial charge in [-0.3, -0.25) is 0 Å². The van der Waals surface area contributed by atoms with E-state index in [1.54, 1.807) is 0 Å². The predicted molar refractivity (Wildman–Crippen MR) is 94.6 cm³/mol. The average molecular weight is 286 g/mol. The van der Waals surface area contributed by atoms with Crippen LogP contribution in [0.25, 0.3) is 0 Å². The number of benzene rings is 2. The predicted octanol–water partition coefficient (Wildman–Crippen LogP) is 4.99. The zero-order chi connectivity index (χ0) is 15.6. The third-order valence-corrected chi connectivity index (χ3v) is 3.51. The molecular weight excluding hydrogens is 264 g/mol. The molecule has 0 N–H and O–H groups in total. The highest BCUT2D eigenvalue weighted by atomic mass is 14.0. The lowest BCUT2D eigenvalue weighted by Gasteiger charge is -1.98. The van der Waals surface area contributed by atoms with E-state index in [9.17, 15) is 0 Å². The minimum Gasteiger partial charge on any atom is -0.107 e. The van der Waals surface area contributed by atoms with Crippen molar-refractivity contribution < 1.29 is 0 Å². The van der Waals surface area contributed by atoms with Crippen molar-refractivity contribution in [1.82, 2.24) is 0 Å². The third-order valence-electron chi connectivity index (χ3n) is 3.51. The van der Waals surface area contributed by atoms with Gasteiger partial charge in [-0.2, -0.15) is 0 Å². The van der Waals surface area contributed by atoms with E-state index in [-0.39, 0.29) is 0 Å². The monoisotopic (exact) mass is 286 g/mol. The van der Waals surface area contributed by atoms with Gasteiger partial charge in [0.25, 0.3) is 0 Å². The van der Waals surface area contributed by atoms with Crippen LogP contribution in [0.3, 0.4) is 0 Å². The van der Waals surface area contributed by atoms with Gasteiger partial charge in [0.15, 0.2) is 0 Å². The highest BCUT2D eigenvalue weighted by molar-refractivity contribution is 5.44. The molecule has 2 rings (SSSR count). The molecule has 0 nitrogen and oxygen atoms in total. The van der Waals surface area contributed by atoms with Crippen LogP contribution in [0, 0.1) is 23.7 Å². The highest BCUT2D eigenvalue weighted by Crippen LogP contribution is 2.08. The lowest BCUT2D eigenvalue weighted by atomic mass is 10.1. The van der Waals surface area contributed by atoms with Crippen molar-refractivity contribution in [3.63, 3.8) is 0 Å². The van der Waals surface area contributed by atoms with Crippen LogP contribution in [-0.4, -0.2) is 0 Å². The van der Waals surface area contributed by atoms with Crippen LogP contribution in [0.2, 0.25) is 0 Å². The molecule has 0 aliphatic carbocycles. The van der Waals surface area contributed by atoms with E-state index in [0.29, 0.717) is 0 Å². The molecule has 2 aromatic rings. The third kappa shape index (κ3) is 5.16. The van der Waals surface area contributed by atoms with Crippen molar-refractivity contribution in [2.75, 3.05) is 0 Å². The normalized spacial score (nSPS) is 9.36. The zero-order valence-electron chi connectivity index (χ0n) is 13.4. The van der Waals surface area contributed by atoms with E-state index >= 15 is 0 Å². The molecule has 0 aliphatic heterocycles. The first-order chi connectivity index (χ1) is 10.8. The fraction of sp³-hybridized carbons (Fsp3) is 0.273. The Morgan fingerprint density at radius 3 is 1.68 bits per heavy atom. The smallest absolute Gasteiger partial charge is 0.0249 e. The van der Waals surface area contributed by atoms with Gasteiger partial charge in [-0.1, -0.05) is 49.5 Å². The topological polar surface area (TPSA) is 0 Å². The number of hydrogen-bond donors (Lipinski definition) is 0. The van der Waals surface area contributed by atoms with Gasteiger partial charge < -0.3 is 0 Å². The quantitative estimate of drug-likeness (QED) is 0.694. The van der Waals surface area contributed by atoms with E-state index in [1.165, 1.54) is 17.5 Å². The molecule has 0 saturated heterocycles. The lowest BCUT2D eigenvalue weighted by molar-refractivity contribution is 0.922. The van der Waals surface area contributed by atoms with Crippen LogP contribution in [0.15, 0.2) is 48.5 Å². The molecule has 110 valence electrons. The zero-order valence-corrected chi connectivity index (χ0v) is 13.4. The fourth-order valence-electron chi connectivity index (χ4n) is 2.27. The van der Waals surface area contributed by atoms with Crippen LogP contribution in [0.5, 0.6) is 0 Å². The molecule has 0 spiro atoms. The Hall–Kier alpha value is -2.44. The standard InChI is InChI=1S/C22H22/c1-3-5-6-8-20-11-15-22(16-12-20)18-17-21-13-9-19(7-4-2)10-14-21/h9-16H,4,6-8H2,1-2H3. The van der Waals surface area contributed by atoms with E-state index in [4.69, 9.17) is 0 Å². The first kappa shape index (κ1) is 15.9. The van der Waals surface area contributed by atoms with Gasteiger partial charge in [-0.25, -0.2) is 0 Å². The maximum atomic E-state index is 3.23. The molecule has 0 atom stereocenters. The number of hydrogen-bond acceptors (Lipinski definition) is 0. The minimum atomic E-state index is 0.922. The second-order valence-electron chi connectivity index (χ2n) is 5.32. The largest absolute Gasteiger partial charge is 0.107 e. The summed E-state index contributed by atoms with van der Waals surface area (Å²) in [4.78, 5) is 0. The van der Waals surface area contributed by atoms with Gasteiger partial charge in [0.1, 0.15) is 0 Å². The Morgan fingerprint density at radius 2 is 1.23 bits per heavy atom. The summed E-state index contributed by atoms with van der Waals surface area (Å²) in [5.41, 5.74) is 4.83. The average Bonchev–Trinajstić information content (AvgIpc) is 2.56. The van der Waals surface area contributed by atoms with Crippen molar-refractivity contribution in [2.24, 2.45) is 0 Å². The molecule has 0 bridgehead atoms. The number of rotatable bonds is 4. The Labute approximate surface area is 134 Å². The molecule has 0 amide bonds. The summed E-state index contributed by atoms with van der Waals surface area (Å²) in [5, 5.41) is 0. The van der Waals surface area contributed by atoms with Gasteiger partial charge >= 0.3 is 0 Å². The van der Waals surface area contributed by atoms with Crippen molar-refractivity contribution in [3.05, 3.63) is 70.8 Å². The van der Waals surface area contributed by atoms with Crippen LogP contribution < -0.4 is 0 Å². The Morgan fingerprint density at radius 1 is 0.727 bits per heavy atom. The molecule has 0 unspecified atom stereocenters. The summed E-state index contributed by atoms with van der Waals surface area (Å²) in [6.07, 6.45) is 4.25. The van der Waals surface area contributed by atoms with Crippen LogP contribution in [0.1, 0.15) is 48.9 Å². The molecule has 0 aromatic heterocycles. The van der Waals surface area contributed by atoms with Crippen molar-refractivity contribution in [1.29, 1.82) is 0 Å². The van der Waals surface area contributed by atoms with E-state index in [1.807, 2.05) is 6.92 Å². The minimum absolute atomic E-state index is 0.922. The first-order valence-electron chi connectivity index (χ1n) is 7.91. The molecule has 22 heavy (non-hydrogen) atoms. The molecule has 2 aromatic carbocycles. The summed E-state index contributed by atoms with van der Waals surface area (Å²) in [5.74, 6) is 12.5. The fourth-order valence-corrected chi connectivity index (χ4v) is 2.27. The SMILES string of the molecule is CC#CCCc1ccc(C#Cc2ccc(CCC)cc2)cc1. The Balaban J connectivity index is 1.99. The van der Waals surface area contributed by atoms with Crippen molar-refractivity contribution in [2.45, 2.75) is 39.5 Å². The lowest BCUT2D eigenvalue weighted by Crippen LogP contribution is -1.85. The van der Waals surface area contributed by atoms with Crippen molar-refractivity contribution >= 4 is 0 Å². The van der Waals surface area contributed by atoms with Gasteiger partial charge in [-0.05, 0) is 55.2 Å². The van der Waals surface area contributed by atoms with E-state index in [0.717, 1.165) is 30.4 Å². The number of aryl methyl sites for hydroxylation is 2. The van der Waals surface area contributed by atoms with Crippen molar-refractivity contribution in [3.8, 4) is 23.7 Å².